The Morgan fingerprint density at radius 2 is 1.93 bits per heavy atom. The standard InChI is InChI=1S/C23H25N3O2S/c1-3-15-24-21(27)17(2)29-23-25-20-14-8-7-13-19(20)22(28)26(23)16-9-12-18-10-5-4-6-11-18/h3-8,10-11,13-14,17H,1,9,12,15-16H2,2H3,(H,24,27)/t17-/m1/s1. The van der Waals surface area contributed by atoms with Crippen molar-refractivity contribution >= 4 is 28.6 Å². The lowest BCUT2D eigenvalue weighted by Crippen LogP contribution is -2.32. The zero-order chi connectivity index (χ0) is 20.6. The Hall–Kier alpha value is -2.86. The topological polar surface area (TPSA) is 64.0 Å². The van der Waals surface area contributed by atoms with E-state index in [9.17, 15) is 9.59 Å². The summed E-state index contributed by atoms with van der Waals surface area (Å²) in [4.78, 5) is 30.1. The molecule has 0 saturated carbocycles. The van der Waals surface area contributed by atoms with Gasteiger partial charge in [-0.15, -0.1) is 6.58 Å². The molecule has 5 nitrogen and oxygen atoms in total. The molecule has 3 aromatic rings. The highest BCUT2D eigenvalue weighted by Gasteiger charge is 2.19. The van der Waals surface area contributed by atoms with Crippen molar-refractivity contribution in [3.63, 3.8) is 0 Å². The molecule has 0 spiro atoms. The average molecular weight is 408 g/mol. The van der Waals surface area contributed by atoms with Gasteiger partial charge in [0.05, 0.1) is 16.2 Å². The molecular weight excluding hydrogens is 382 g/mol. The van der Waals surface area contributed by atoms with Crippen molar-refractivity contribution in [2.45, 2.75) is 36.7 Å². The lowest BCUT2D eigenvalue weighted by molar-refractivity contribution is -0.120. The minimum atomic E-state index is -0.372. The summed E-state index contributed by atoms with van der Waals surface area (Å²) in [7, 11) is 0. The fourth-order valence-corrected chi connectivity index (χ4v) is 4.01. The third-order valence-corrected chi connectivity index (χ3v) is 5.68. The van der Waals surface area contributed by atoms with E-state index in [0.29, 0.717) is 29.1 Å². The molecule has 1 N–H and O–H groups in total. The normalized spacial score (nSPS) is 11.9. The van der Waals surface area contributed by atoms with Crippen LogP contribution in [0.25, 0.3) is 10.9 Å². The quantitative estimate of drug-likeness (QED) is 0.333. The van der Waals surface area contributed by atoms with Crippen LogP contribution in [0.2, 0.25) is 0 Å². The van der Waals surface area contributed by atoms with Crippen molar-refractivity contribution in [2.75, 3.05) is 6.54 Å². The third-order valence-electron chi connectivity index (χ3n) is 4.59. The minimum absolute atomic E-state index is 0.0649. The van der Waals surface area contributed by atoms with E-state index >= 15 is 0 Å². The van der Waals surface area contributed by atoms with Gasteiger partial charge in [0.25, 0.3) is 5.56 Å². The molecule has 0 radical (unpaired) electrons. The van der Waals surface area contributed by atoms with Crippen LogP contribution >= 0.6 is 11.8 Å². The van der Waals surface area contributed by atoms with E-state index in [2.05, 4.69) is 24.0 Å². The Morgan fingerprint density at radius 1 is 1.21 bits per heavy atom. The van der Waals surface area contributed by atoms with Gasteiger partial charge in [-0.25, -0.2) is 4.98 Å². The van der Waals surface area contributed by atoms with Gasteiger partial charge in [0.2, 0.25) is 5.91 Å². The second-order valence-corrected chi connectivity index (χ2v) is 8.06. The minimum Gasteiger partial charge on any atom is -0.352 e. The largest absolute Gasteiger partial charge is 0.352 e. The fourth-order valence-electron chi connectivity index (χ4n) is 3.05. The first-order valence-electron chi connectivity index (χ1n) is 9.69. The first-order valence-corrected chi connectivity index (χ1v) is 10.6. The van der Waals surface area contributed by atoms with Gasteiger partial charge >= 0.3 is 0 Å². The molecule has 0 bridgehead atoms. The van der Waals surface area contributed by atoms with Gasteiger partial charge in [-0.2, -0.15) is 0 Å². The van der Waals surface area contributed by atoms with Crippen molar-refractivity contribution in [1.82, 2.24) is 14.9 Å². The average Bonchev–Trinajstić information content (AvgIpc) is 2.74. The Kier molecular flexibility index (Phi) is 7.25. The first kappa shape index (κ1) is 20.9. The Labute approximate surface area is 174 Å². The SMILES string of the molecule is C=CCNC(=O)[C@@H](C)Sc1nc2ccccc2c(=O)n1CCCc1ccccc1. The smallest absolute Gasteiger partial charge is 0.262 e. The van der Waals surface area contributed by atoms with Crippen LogP contribution in [0.3, 0.4) is 0 Å². The van der Waals surface area contributed by atoms with Crippen LogP contribution in [0, 0.1) is 0 Å². The molecule has 0 saturated heterocycles. The van der Waals surface area contributed by atoms with Gasteiger partial charge in [-0.05, 0) is 37.5 Å². The van der Waals surface area contributed by atoms with Gasteiger partial charge in [-0.3, -0.25) is 14.2 Å². The van der Waals surface area contributed by atoms with Gasteiger partial charge < -0.3 is 5.32 Å². The second kappa shape index (κ2) is 10.1. The van der Waals surface area contributed by atoms with Crippen molar-refractivity contribution in [3.05, 3.63) is 83.2 Å². The van der Waals surface area contributed by atoms with Crippen LogP contribution in [0.4, 0.5) is 0 Å². The van der Waals surface area contributed by atoms with Gasteiger partial charge in [0.1, 0.15) is 0 Å². The van der Waals surface area contributed by atoms with Crippen LogP contribution in [0.5, 0.6) is 0 Å². The molecule has 0 unspecified atom stereocenters. The van der Waals surface area contributed by atoms with Crippen molar-refractivity contribution < 1.29 is 4.79 Å². The fraction of sp³-hybridized carbons (Fsp3) is 0.261. The molecule has 1 aromatic heterocycles. The monoisotopic (exact) mass is 407 g/mol. The molecule has 0 aliphatic rings. The molecular formula is C23H25N3O2S. The molecule has 6 heteroatoms. The van der Waals surface area contributed by atoms with Gasteiger partial charge in [0, 0.05) is 13.1 Å². The van der Waals surface area contributed by atoms with Gasteiger partial charge in [-0.1, -0.05) is 60.3 Å². The maximum atomic E-state index is 13.1. The molecule has 1 atom stereocenters. The van der Waals surface area contributed by atoms with E-state index in [1.807, 2.05) is 43.3 Å². The van der Waals surface area contributed by atoms with E-state index < -0.39 is 0 Å². The predicted molar refractivity (Wildman–Crippen MR) is 119 cm³/mol. The highest BCUT2D eigenvalue weighted by molar-refractivity contribution is 8.00. The number of benzene rings is 2. The van der Waals surface area contributed by atoms with Crippen LogP contribution in [-0.4, -0.2) is 27.3 Å². The number of para-hydroxylation sites is 1. The Bertz CT molecular complexity index is 1050. The number of nitrogens with one attached hydrogen (secondary N) is 1. The number of aryl methyl sites for hydroxylation is 1. The summed E-state index contributed by atoms with van der Waals surface area (Å²) in [6.45, 7) is 6.40. The number of amides is 1. The first-order chi connectivity index (χ1) is 14.1. The van der Waals surface area contributed by atoms with E-state index in [0.717, 1.165) is 12.8 Å². The summed E-state index contributed by atoms with van der Waals surface area (Å²) in [5.41, 5.74) is 1.82. The summed E-state index contributed by atoms with van der Waals surface area (Å²) in [6.07, 6.45) is 3.33. The predicted octanol–water partition coefficient (Wildman–Crippen LogP) is 3.81. The maximum Gasteiger partial charge on any atom is 0.262 e. The number of carbonyl (C=O) groups excluding carboxylic acids is 1. The van der Waals surface area contributed by atoms with E-state index in [1.165, 1.54) is 17.3 Å². The number of fused-ring (bicyclic) bond motifs is 1. The number of hydrogen-bond acceptors (Lipinski definition) is 4. The summed E-state index contributed by atoms with van der Waals surface area (Å²) in [5, 5.41) is 3.59. The zero-order valence-corrected chi connectivity index (χ0v) is 17.3. The number of hydrogen-bond donors (Lipinski definition) is 1. The molecule has 1 amide bonds. The lowest BCUT2D eigenvalue weighted by Gasteiger charge is -2.16. The highest BCUT2D eigenvalue weighted by atomic mass is 32.2. The van der Waals surface area contributed by atoms with Crippen LogP contribution in [0.1, 0.15) is 18.9 Å². The number of rotatable bonds is 9. The molecule has 2 aromatic carbocycles. The van der Waals surface area contributed by atoms with Crippen LogP contribution < -0.4 is 10.9 Å². The van der Waals surface area contributed by atoms with Crippen LogP contribution in [-0.2, 0) is 17.8 Å². The Balaban J connectivity index is 1.85. The van der Waals surface area contributed by atoms with E-state index in [4.69, 9.17) is 4.98 Å². The molecule has 29 heavy (non-hydrogen) atoms. The summed E-state index contributed by atoms with van der Waals surface area (Å²) < 4.78 is 1.70. The highest BCUT2D eigenvalue weighted by Crippen LogP contribution is 2.23. The molecule has 0 fully saturated rings. The number of thioether (sulfide) groups is 1. The summed E-state index contributed by atoms with van der Waals surface area (Å²) in [6, 6.07) is 17.5. The van der Waals surface area contributed by atoms with E-state index in [1.54, 1.807) is 16.7 Å². The second-order valence-electron chi connectivity index (χ2n) is 6.75. The molecule has 3 rings (SSSR count). The summed E-state index contributed by atoms with van der Waals surface area (Å²) in [5.74, 6) is -0.104. The number of aromatic nitrogens is 2. The molecule has 0 aliphatic carbocycles. The number of nitrogens with zero attached hydrogens (tertiary/aromatic N) is 2. The Morgan fingerprint density at radius 3 is 2.69 bits per heavy atom. The van der Waals surface area contributed by atoms with Crippen LogP contribution in [0.15, 0.2) is 77.2 Å². The molecule has 1 heterocycles. The third kappa shape index (κ3) is 5.35. The maximum absolute atomic E-state index is 13.1. The lowest BCUT2D eigenvalue weighted by atomic mass is 10.1. The zero-order valence-electron chi connectivity index (χ0n) is 16.5. The van der Waals surface area contributed by atoms with Crippen molar-refractivity contribution in [1.29, 1.82) is 0 Å². The molecule has 150 valence electrons. The van der Waals surface area contributed by atoms with Gasteiger partial charge in [0.15, 0.2) is 5.16 Å². The molecule has 0 aliphatic heterocycles. The van der Waals surface area contributed by atoms with E-state index in [-0.39, 0.29) is 16.7 Å². The summed E-state index contributed by atoms with van der Waals surface area (Å²) >= 11 is 1.31. The van der Waals surface area contributed by atoms with Crippen molar-refractivity contribution in [2.24, 2.45) is 0 Å². The number of carbonyl (C=O) groups is 1. The van der Waals surface area contributed by atoms with Crippen molar-refractivity contribution in [3.8, 4) is 0 Å².